The third kappa shape index (κ3) is 6.61. The molecule has 48 heavy (non-hydrogen) atoms. The van der Waals surface area contributed by atoms with Crippen molar-refractivity contribution >= 4 is 57.5 Å². The van der Waals surface area contributed by atoms with Crippen LogP contribution in [-0.2, 0) is 22.4 Å². The van der Waals surface area contributed by atoms with Gasteiger partial charge in [0, 0.05) is 56.9 Å². The molecule has 2 aromatic carbocycles. The summed E-state index contributed by atoms with van der Waals surface area (Å²) in [6.07, 6.45) is 7.95. The van der Waals surface area contributed by atoms with E-state index in [2.05, 4.69) is 56.5 Å². The van der Waals surface area contributed by atoms with E-state index in [4.69, 9.17) is 4.98 Å². The number of para-hydroxylation sites is 1. The minimum atomic E-state index is -0.368. The zero-order valence-electron chi connectivity index (χ0n) is 27.2. The minimum absolute atomic E-state index is 0.0597. The van der Waals surface area contributed by atoms with E-state index in [1.54, 1.807) is 36.1 Å². The van der Waals surface area contributed by atoms with Crippen LogP contribution in [0.4, 0.5) is 28.7 Å². The number of amides is 3. The molecule has 0 unspecified atom stereocenters. The Balaban J connectivity index is 1.28. The largest absolute Gasteiger partial charge is 0.368 e. The summed E-state index contributed by atoms with van der Waals surface area (Å²) in [6, 6.07) is 13.5. The molecule has 13 nitrogen and oxygen atoms in total. The molecule has 0 saturated carbocycles. The third-order valence-corrected chi connectivity index (χ3v) is 8.51. The Hall–Kier alpha value is -5.98. The molecule has 1 fully saturated rings. The smallest absolute Gasteiger partial charge is 0.257 e. The SMILES string of the molecule is C=CC(=O)Nc1cc(N2CCN(C(C)=O)CC2)ccc1Nc1nc(-n2ccc(C(=O)Nc3c(CC)cccc3CC)c2)c2cn[nH]c2n1. The van der Waals surface area contributed by atoms with Crippen LogP contribution >= 0.6 is 0 Å². The van der Waals surface area contributed by atoms with Crippen molar-refractivity contribution in [3.8, 4) is 5.82 Å². The van der Waals surface area contributed by atoms with E-state index in [1.807, 2.05) is 41.3 Å². The van der Waals surface area contributed by atoms with Crippen LogP contribution in [-0.4, -0.2) is 73.5 Å². The highest BCUT2D eigenvalue weighted by molar-refractivity contribution is 6.05. The van der Waals surface area contributed by atoms with E-state index in [0.717, 1.165) is 35.3 Å². The first-order valence-corrected chi connectivity index (χ1v) is 15.9. The number of aromatic amines is 1. The van der Waals surface area contributed by atoms with Crippen LogP contribution in [0.15, 0.2) is 73.7 Å². The van der Waals surface area contributed by atoms with Crippen LogP contribution in [0.25, 0.3) is 16.9 Å². The van der Waals surface area contributed by atoms with E-state index < -0.39 is 0 Å². The molecule has 1 aliphatic rings. The van der Waals surface area contributed by atoms with Crippen molar-refractivity contribution in [2.45, 2.75) is 33.6 Å². The number of hydrogen-bond donors (Lipinski definition) is 4. The van der Waals surface area contributed by atoms with Gasteiger partial charge in [0.2, 0.25) is 17.8 Å². The molecular weight excluding hydrogens is 608 g/mol. The summed E-state index contributed by atoms with van der Waals surface area (Å²) in [6.45, 7) is 11.9. The van der Waals surface area contributed by atoms with Gasteiger partial charge in [0.25, 0.3) is 5.91 Å². The fourth-order valence-corrected chi connectivity index (χ4v) is 5.85. The number of carbonyl (C=O) groups excluding carboxylic acids is 3. The molecule has 3 amide bonds. The maximum absolute atomic E-state index is 13.4. The quantitative estimate of drug-likeness (QED) is 0.154. The average molecular weight is 647 g/mol. The monoisotopic (exact) mass is 646 g/mol. The summed E-state index contributed by atoms with van der Waals surface area (Å²) in [5.74, 6) is 0.237. The normalized spacial score (nSPS) is 13.0. The molecule has 0 spiro atoms. The number of nitrogens with zero attached hydrogens (tertiary/aromatic N) is 6. The number of benzene rings is 2. The number of aryl methyl sites for hydroxylation is 2. The van der Waals surface area contributed by atoms with Gasteiger partial charge in [0.15, 0.2) is 11.5 Å². The zero-order valence-corrected chi connectivity index (χ0v) is 27.2. The van der Waals surface area contributed by atoms with Gasteiger partial charge in [-0.25, -0.2) is 0 Å². The molecule has 3 aromatic heterocycles. The van der Waals surface area contributed by atoms with Crippen molar-refractivity contribution in [1.82, 2.24) is 29.6 Å². The van der Waals surface area contributed by atoms with Gasteiger partial charge >= 0.3 is 0 Å². The first-order valence-electron chi connectivity index (χ1n) is 15.9. The van der Waals surface area contributed by atoms with Crippen LogP contribution in [0.5, 0.6) is 0 Å². The first kappa shape index (κ1) is 32.0. The second-order valence-corrected chi connectivity index (χ2v) is 11.5. The summed E-state index contributed by atoms with van der Waals surface area (Å²) in [4.78, 5) is 51.0. The lowest BCUT2D eigenvalue weighted by Crippen LogP contribution is -2.48. The van der Waals surface area contributed by atoms with Crippen molar-refractivity contribution in [2.24, 2.45) is 0 Å². The Morgan fingerprint density at radius 2 is 1.71 bits per heavy atom. The predicted octanol–water partition coefficient (Wildman–Crippen LogP) is 5.06. The summed E-state index contributed by atoms with van der Waals surface area (Å²) >= 11 is 0. The number of piperazine rings is 1. The number of carbonyl (C=O) groups is 3. The maximum atomic E-state index is 13.4. The fourth-order valence-electron chi connectivity index (χ4n) is 5.85. The Bertz CT molecular complexity index is 1980. The van der Waals surface area contributed by atoms with Gasteiger partial charge in [0.1, 0.15) is 0 Å². The number of fused-ring (bicyclic) bond motifs is 1. The van der Waals surface area contributed by atoms with E-state index in [9.17, 15) is 14.4 Å². The average Bonchev–Trinajstić information content (AvgIpc) is 3.79. The van der Waals surface area contributed by atoms with E-state index in [-0.39, 0.29) is 23.7 Å². The molecule has 13 heteroatoms. The predicted molar refractivity (Wildman–Crippen MR) is 187 cm³/mol. The highest BCUT2D eigenvalue weighted by Gasteiger charge is 2.21. The van der Waals surface area contributed by atoms with Crippen LogP contribution in [0.3, 0.4) is 0 Å². The van der Waals surface area contributed by atoms with Gasteiger partial charge in [-0.2, -0.15) is 15.1 Å². The number of nitrogens with one attached hydrogen (secondary N) is 4. The number of aromatic nitrogens is 5. The van der Waals surface area contributed by atoms with Gasteiger partial charge in [-0.05, 0) is 54.3 Å². The number of anilines is 5. The van der Waals surface area contributed by atoms with Crippen molar-refractivity contribution in [2.75, 3.05) is 47.0 Å². The molecule has 0 bridgehead atoms. The van der Waals surface area contributed by atoms with Gasteiger partial charge in [-0.3, -0.25) is 19.5 Å². The first-order chi connectivity index (χ1) is 23.3. The number of rotatable bonds is 10. The molecule has 5 aromatic rings. The summed E-state index contributed by atoms with van der Waals surface area (Å²) < 4.78 is 1.76. The summed E-state index contributed by atoms with van der Waals surface area (Å²) in [5, 5.41) is 17.0. The van der Waals surface area contributed by atoms with E-state index >= 15 is 0 Å². The second kappa shape index (κ2) is 13.8. The summed E-state index contributed by atoms with van der Waals surface area (Å²) in [7, 11) is 0. The molecule has 0 radical (unpaired) electrons. The zero-order chi connectivity index (χ0) is 33.8. The van der Waals surface area contributed by atoms with E-state index in [1.165, 1.54) is 6.08 Å². The molecule has 4 heterocycles. The van der Waals surface area contributed by atoms with Crippen LogP contribution in [0, 0.1) is 0 Å². The second-order valence-electron chi connectivity index (χ2n) is 11.5. The van der Waals surface area contributed by atoms with Crippen LogP contribution < -0.4 is 20.9 Å². The maximum Gasteiger partial charge on any atom is 0.257 e. The van der Waals surface area contributed by atoms with Crippen LogP contribution in [0.1, 0.15) is 42.3 Å². The molecule has 246 valence electrons. The number of hydrogen-bond acceptors (Lipinski definition) is 8. The lowest BCUT2D eigenvalue weighted by Gasteiger charge is -2.36. The van der Waals surface area contributed by atoms with Gasteiger partial charge in [0.05, 0.1) is 28.5 Å². The van der Waals surface area contributed by atoms with Gasteiger partial charge < -0.3 is 30.3 Å². The molecular formula is C35H38N10O3. The fraction of sp³-hybridized carbons (Fsp3) is 0.257. The standard InChI is InChI=1S/C35H38N10O3/c1-5-23-9-8-10-24(6-2)31(23)39-34(48)25-13-14-45(21-25)33-27-20-36-42-32(27)40-35(41-33)38-28-12-11-26(19-29(28)37-30(47)7-3)44-17-15-43(16-18-44)22(4)46/h7-14,19-21H,3,5-6,15-18H2,1-2,4H3,(H,37,47)(H,39,48)(H2,36,38,40,41,42). The summed E-state index contributed by atoms with van der Waals surface area (Å²) in [5.41, 5.74) is 5.97. The Morgan fingerprint density at radius 3 is 2.40 bits per heavy atom. The topological polar surface area (TPSA) is 153 Å². The lowest BCUT2D eigenvalue weighted by atomic mass is 10.0. The third-order valence-electron chi connectivity index (χ3n) is 8.51. The number of H-pyrrole nitrogens is 1. The lowest BCUT2D eigenvalue weighted by molar-refractivity contribution is -0.129. The molecule has 0 atom stereocenters. The molecule has 6 rings (SSSR count). The Labute approximate surface area is 278 Å². The molecule has 4 N–H and O–H groups in total. The van der Waals surface area contributed by atoms with Crippen molar-refractivity contribution in [3.63, 3.8) is 0 Å². The van der Waals surface area contributed by atoms with Crippen molar-refractivity contribution in [1.29, 1.82) is 0 Å². The van der Waals surface area contributed by atoms with E-state index in [0.29, 0.717) is 60.0 Å². The van der Waals surface area contributed by atoms with Crippen LogP contribution in [0.2, 0.25) is 0 Å². The highest BCUT2D eigenvalue weighted by Crippen LogP contribution is 2.32. The Morgan fingerprint density at radius 1 is 0.958 bits per heavy atom. The molecule has 1 saturated heterocycles. The minimum Gasteiger partial charge on any atom is -0.368 e. The highest BCUT2D eigenvalue weighted by atomic mass is 16.2. The van der Waals surface area contributed by atoms with Gasteiger partial charge in [-0.1, -0.05) is 38.6 Å². The molecule has 0 aliphatic carbocycles. The molecule has 1 aliphatic heterocycles. The van der Waals surface area contributed by atoms with Crippen molar-refractivity contribution in [3.05, 3.63) is 90.4 Å². The van der Waals surface area contributed by atoms with Gasteiger partial charge in [-0.15, -0.1) is 0 Å². The van der Waals surface area contributed by atoms with Crippen molar-refractivity contribution < 1.29 is 14.4 Å². The Kier molecular flexibility index (Phi) is 9.19.